The van der Waals surface area contributed by atoms with Crippen molar-refractivity contribution in [1.29, 1.82) is 0 Å². The minimum atomic E-state index is -0.0938. The third kappa shape index (κ3) is 5.19. The van der Waals surface area contributed by atoms with Crippen LogP contribution in [0.4, 0.5) is 0 Å². The van der Waals surface area contributed by atoms with Gasteiger partial charge in [0, 0.05) is 18.0 Å². The fourth-order valence-corrected chi connectivity index (χ4v) is 2.53. The Morgan fingerprint density at radius 2 is 2.00 bits per heavy atom. The minimum Gasteiger partial charge on any atom is -0.489 e. The zero-order valence-corrected chi connectivity index (χ0v) is 14.4. The molecule has 0 saturated carbocycles. The summed E-state index contributed by atoms with van der Waals surface area (Å²) < 4.78 is 11.0. The molecule has 1 N–H and O–H groups in total. The molecule has 1 amide bonds. The number of nitrogens with one attached hydrogen (secondary N) is 1. The van der Waals surface area contributed by atoms with E-state index in [9.17, 15) is 4.79 Å². The number of hydrogen-bond donors (Lipinski definition) is 1. The predicted molar refractivity (Wildman–Crippen MR) is 98.2 cm³/mol. The molecule has 0 aliphatic carbocycles. The molecule has 2 aromatic rings. The first-order valence-electron chi connectivity index (χ1n) is 8.43. The van der Waals surface area contributed by atoms with Crippen molar-refractivity contribution in [3.63, 3.8) is 0 Å². The lowest BCUT2D eigenvalue weighted by Gasteiger charge is -2.37. The van der Waals surface area contributed by atoms with E-state index in [0.29, 0.717) is 26.4 Å². The predicted octanol–water partition coefficient (Wildman–Crippen LogP) is 3.43. The van der Waals surface area contributed by atoms with Crippen LogP contribution in [0.1, 0.15) is 18.1 Å². The summed E-state index contributed by atoms with van der Waals surface area (Å²) in [6.45, 7) is 4.68. The van der Waals surface area contributed by atoms with Crippen LogP contribution in [0.5, 0.6) is 5.75 Å². The molecule has 0 aromatic heterocycles. The van der Waals surface area contributed by atoms with E-state index in [1.807, 2.05) is 54.6 Å². The molecule has 1 aliphatic rings. The van der Waals surface area contributed by atoms with Crippen LogP contribution in [0, 0.1) is 5.41 Å². The Labute approximate surface area is 148 Å². The molecule has 1 saturated heterocycles. The highest BCUT2D eigenvalue weighted by Crippen LogP contribution is 2.25. The van der Waals surface area contributed by atoms with Crippen molar-refractivity contribution >= 4 is 12.0 Å². The zero-order valence-electron chi connectivity index (χ0n) is 14.4. The largest absolute Gasteiger partial charge is 0.489 e. The molecule has 4 nitrogen and oxygen atoms in total. The van der Waals surface area contributed by atoms with Crippen LogP contribution >= 0.6 is 0 Å². The smallest absolute Gasteiger partial charge is 0.244 e. The van der Waals surface area contributed by atoms with Gasteiger partial charge in [0.05, 0.1) is 13.2 Å². The van der Waals surface area contributed by atoms with Gasteiger partial charge in [-0.05, 0) is 29.3 Å². The maximum Gasteiger partial charge on any atom is 0.244 e. The summed E-state index contributed by atoms with van der Waals surface area (Å²) in [5.74, 6) is 0.689. The number of benzene rings is 2. The van der Waals surface area contributed by atoms with Crippen LogP contribution in [0.2, 0.25) is 0 Å². The summed E-state index contributed by atoms with van der Waals surface area (Å²) in [5, 5.41) is 2.92. The highest BCUT2D eigenvalue weighted by molar-refractivity contribution is 5.91. The first-order chi connectivity index (χ1) is 12.1. The van der Waals surface area contributed by atoms with E-state index in [1.54, 1.807) is 12.2 Å². The van der Waals surface area contributed by atoms with E-state index in [4.69, 9.17) is 9.47 Å². The Balaban J connectivity index is 1.51. The Morgan fingerprint density at radius 1 is 1.20 bits per heavy atom. The second kappa shape index (κ2) is 7.99. The van der Waals surface area contributed by atoms with Crippen molar-refractivity contribution in [2.45, 2.75) is 13.5 Å². The molecule has 1 aliphatic heterocycles. The molecule has 0 atom stereocenters. The van der Waals surface area contributed by atoms with Crippen LogP contribution in [0.15, 0.2) is 60.7 Å². The maximum absolute atomic E-state index is 11.9. The molecule has 0 unspecified atom stereocenters. The number of carbonyl (C=O) groups excluding carboxylic acids is 1. The molecule has 130 valence electrons. The van der Waals surface area contributed by atoms with Crippen LogP contribution in [-0.4, -0.2) is 25.7 Å². The standard InChI is InChI=1S/C21H23NO3/c1-21(15-24-16-21)14-22-20(23)11-10-17-8-5-9-19(12-17)25-13-18-6-3-2-4-7-18/h2-12H,13-16H2,1H3,(H,22,23)/b11-10+. The van der Waals surface area contributed by atoms with Gasteiger partial charge in [-0.25, -0.2) is 0 Å². The van der Waals surface area contributed by atoms with E-state index in [1.165, 1.54) is 0 Å². The lowest BCUT2D eigenvalue weighted by Crippen LogP contribution is -2.48. The minimum absolute atomic E-state index is 0.0781. The van der Waals surface area contributed by atoms with Crippen LogP contribution in [0.3, 0.4) is 0 Å². The second-order valence-corrected chi connectivity index (χ2v) is 6.70. The van der Waals surface area contributed by atoms with Gasteiger partial charge in [-0.15, -0.1) is 0 Å². The lowest BCUT2D eigenvalue weighted by atomic mass is 9.89. The lowest BCUT2D eigenvalue weighted by molar-refractivity contribution is -0.122. The number of hydrogen-bond acceptors (Lipinski definition) is 3. The summed E-state index contributed by atoms with van der Waals surface area (Å²) in [6.07, 6.45) is 3.35. The van der Waals surface area contributed by atoms with Gasteiger partial charge in [0.25, 0.3) is 0 Å². The number of ether oxygens (including phenoxy) is 2. The normalized spacial score (nSPS) is 15.6. The number of carbonyl (C=O) groups is 1. The first-order valence-corrected chi connectivity index (χ1v) is 8.43. The van der Waals surface area contributed by atoms with Crippen molar-refractivity contribution in [2.75, 3.05) is 19.8 Å². The fourth-order valence-electron chi connectivity index (χ4n) is 2.53. The SMILES string of the molecule is CC1(CNC(=O)/C=C/c2cccc(OCc3ccccc3)c2)COC1. The summed E-state index contributed by atoms with van der Waals surface area (Å²) >= 11 is 0. The highest BCUT2D eigenvalue weighted by atomic mass is 16.5. The van der Waals surface area contributed by atoms with E-state index in [0.717, 1.165) is 16.9 Å². The van der Waals surface area contributed by atoms with Crippen molar-refractivity contribution in [3.8, 4) is 5.75 Å². The van der Waals surface area contributed by atoms with Crippen LogP contribution in [0.25, 0.3) is 6.08 Å². The van der Waals surface area contributed by atoms with Gasteiger partial charge in [0.15, 0.2) is 0 Å². The molecule has 3 rings (SSSR count). The Hall–Kier alpha value is -2.59. The molecule has 25 heavy (non-hydrogen) atoms. The summed E-state index contributed by atoms with van der Waals surface area (Å²) in [5.41, 5.74) is 2.13. The summed E-state index contributed by atoms with van der Waals surface area (Å²) in [4.78, 5) is 11.9. The third-order valence-electron chi connectivity index (χ3n) is 4.12. The molecule has 4 heteroatoms. The number of rotatable bonds is 7. The van der Waals surface area contributed by atoms with E-state index >= 15 is 0 Å². The summed E-state index contributed by atoms with van der Waals surface area (Å²) in [6, 6.07) is 17.7. The molecular weight excluding hydrogens is 314 g/mol. The van der Waals surface area contributed by atoms with Crippen LogP contribution < -0.4 is 10.1 Å². The Bertz CT molecular complexity index is 736. The monoisotopic (exact) mass is 337 g/mol. The topological polar surface area (TPSA) is 47.6 Å². The molecule has 1 heterocycles. The maximum atomic E-state index is 11.9. The van der Waals surface area contributed by atoms with E-state index < -0.39 is 0 Å². The molecule has 2 aromatic carbocycles. The van der Waals surface area contributed by atoms with Gasteiger partial charge >= 0.3 is 0 Å². The Kier molecular flexibility index (Phi) is 5.51. The highest BCUT2D eigenvalue weighted by Gasteiger charge is 2.33. The average Bonchev–Trinajstić information content (AvgIpc) is 2.62. The van der Waals surface area contributed by atoms with Crippen LogP contribution in [-0.2, 0) is 16.1 Å². The third-order valence-corrected chi connectivity index (χ3v) is 4.12. The second-order valence-electron chi connectivity index (χ2n) is 6.70. The first kappa shape index (κ1) is 17.2. The fraction of sp³-hybridized carbons (Fsp3) is 0.286. The zero-order chi connectivity index (χ0) is 17.5. The van der Waals surface area contributed by atoms with Gasteiger partial charge in [-0.3, -0.25) is 4.79 Å². The van der Waals surface area contributed by atoms with Gasteiger partial charge < -0.3 is 14.8 Å². The number of amides is 1. The quantitative estimate of drug-likeness (QED) is 0.788. The van der Waals surface area contributed by atoms with E-state index in [2.05, 4.69) is 12.2 Å². The molecule has 0 radical (unpaired) electrons. The summed E-state index contributed by atoms with van der Waals surface area (Å²) in [7, 11) is 0. The molecule has 0 spiro atoms. The van der Waals surface area contributed by atoms with Crippen molar-refractivity contribution in [3.05, 3.63) is 71.8 Å². The van der Waals surface area contributed by atoms with Crippen molar-refractivity contribution in [1.82, 2.24) is 5.32 Å². The van der Waals surface area contributed by atoms with Crippen molar-refractivity contribution in [2.24, 2.45) is 5.41 Å². The average molecular weight is 337 g/mol. The van der Waals surface area contributed by atoms with Gasteiger partial charge in [-0.2, -0.15) is 0 Å². The Morgan fingerprint density at radius 3 is 2.72 bits per heavy atom. The van der Waals surface area contributed by atoms with Crippen molar-refractivity contribution < 1.29 is 14.3 Å². The molecular formula is C21H23NO3. The van der Waals surface area contributed by atoms with Gasteiger partial charge in [-0.1, -0.05) is 49.4 Å². The van der Waals surface area contributed by atoms with E-state index in [-0.39, 0.29) is 11.3 Å². The van der Waals surface area contributed by atoms with Gasteiger partial charge in [0.1, 0.15) is 12.4 Å². The molecule has 0 bridgehead atoms. The van der Waals surface area contributed by atoms with Gasteiger partial charge in [0.2, 0.25) is 5.91 Å². The molecule has 1 fully saturated rings.